The maximum absolute atomic E-state index is 8.79. The van der Waals surface area contributed by atoms with Crippen molar-refractivity contribution in [3.63, 3.8) is 0 Å². The molecule has 0 amide bonds. The Bertz CT molecular complexity index is 66.1. The molecule has 0 aromatic carbocycles. The summed E-state index contributed by atoms with van der Waals surface area (Å²) >= 11 is 0. The molecule has 3 nitrogen and oxygen atoms in total. The molecule has 0 aromatic heterocycles. The molecule has 1 aliphatic rings. The second-order valence-corrected chi connectivity index (χ2v) is 2.08. The molecule has 3 heteroatoms. The maximum atomic E-state index is 8.79. The molecule has 0 unspecified atom stereocenters. The third-order valence-electron chi connectivity index (χ3n) is 1.16. The fraction of sp³-hybridized carbons (Fsp3) is 1.00. The predicted octanol–water partition coefficient (Wildman–Crippen LogP) is -0.872. The Morgan fingerprint density at radius 1 is 1.12 bits per heavy atom. The third kappa shape index (κ3) is 1.43. The lowest BCUT2D eigenvalue weighted by Gasteiger charge is -2.21. The summed E-state index contributed by atoms with van der Waals surface area (Å²) < 4.78 is 4.79. The number of aliphatic hydroxyl groups excluding tert-OH is 2. The van der Waals surface area contributed by atoms with E-state index in [1.807, 2.05) is 0 Å². The number of rotatable bonds is 0. The van der Waals surface area contributed by atoms with Gasteiger partial charge in [0.2, 0.25) is 0 Å². The van der Waals surface area contributed by atoms with Crippen LogP contribution in [0, 0.1) is 0 Å². The van der Waals surface area contributed by atoms with E-state index < -0.39 is 12.2 Å². The average Bonchev–Trinajstić information content (AvgIpc) is 1.64. The summed E-state index contributed by atoms with van der Waals surface area (Å²) in [5, 5.41) is 17.6. The highest BCUT2D eigenvalue weighted by molar-refractivity contribution is 4.66. The summed E-state index contributed by atoms with van der Waals surface area (Å²) in [5.74, 6) is 0. The van der Waals surface area contributed by atoms with Crippen LogP contribution in [0.5, 0.6) is 0 Å². The van der Waals surface area contributed by atoms with Crippen LogP contribution in [0.25, 0.3) is 0 Å². The lowest BCUT2D eigenvalue weighted by Crippen LogP contribution is -2.32. The Morgan fingerprint density at radius 2 is 1.62 bits per heavy atom. The third-order valence-corrected chi connectivity index (χ3v) is 1.16. The van der Waals surface area contributed by atoms with Crippen molar-refractivity contribution >= 4 is 0 Å². The quantitative estimate of drug-likeness (QED) is 0.434. The van der Waals surface area contributed by atoms with E-state index in [0.717, 1.165) is 0 Å². The topological polar surface area (TPSA) is 49.7 Å². The van der Waals surface area contributed by atoms with E-state index >= 15 is 0 Å². The van der Waals surface area contributed by atoms with Crippen molar-refractivity contribution in [1.29, 1.82) is 0 Å². The molecule has 0 bridgehead atoms. The van der Waals surface area contributed by atoms with Crippen molar-refractivity contribution < 1.29 is 14.9 Å². The summed E-state index contributed by atoms with van der Waals surface area (Å²) in [5.41, 5.74) is 0. The van der Waals surface area contributed by atoms with Gasteiger partial charge >= 0.3 is 0 Å². The van der Waals surface area contributed by atoms with Crippen LogP contribution in [0.1, 0.15) is 6.42 Å². The number of hydrogen-bond donors (Lipinski definition) is 2. The highest BCUT2D eigenvalue weighted by Gasteiger charge is 2.17. The lowest BCUT2D eigenvalue weighted by molar-refractivity contribution is -0.0714. The second kappa shape index (κ2) is 2.44. The minimum Gasteiger partial charge on any atom is -0.391 e. The first-order chi connectivity index (χ1) is 3.79. The number of ether oxygens (including phenoxy) is 1. The predicted molar refractivity (Wildman–Crippen MR) is 27.4 cm³/mol. The molecular formula is C5H10O3. The van der Waals surface area contributed by atoms with Crippen molar-refractivity contribution in [1.82, 2.24) is 0 Å². The van der Waals surface area contributed by atoms with E-state index in [0.29, 0.717) is 19.6 Å². The Balaban J connectivity index is 2.23. The maximum Gasteiger partial charge on any atom is 0.0799 e. The SMILES string of the molecule is O[C@@H]1COC[C@H](O)C1. The first-order valence-electron chi connectivity index (χ1n) is 2.73. The summed E-state index contributed by atoms with van der Waals surface area (Å²) in [4.78, 5) is 0. The van der Waals surface area contributed by atoms with Gasteiger partial charge in [0.1, 0.15) is 0 Å². The van der Waals surface area contributed by atoms with Gasteiger partial charge in [-0.05, 0) is 0 Å². The fourth-order valence-electron chi connectivity index (χ4n) is 0.790. The molecule has 0 saturated carbocycles. The molecule has 0 aliphatic carbocycles. The van der Waals surface area contributed by atoms with Crippen molar-refractivity contribution in [3.8, 4) is 0 Å². The van der Waals surface area contributed by atoms with Crippen molar-refractivity contribution in [3.05, 3.63) is 0 Å². The normalized spacial score (nSPS) is 39.8. The molecule has 2 N–H and O–H groups in total. The van der Waals surface area contributed by atoms with E-state index in [1.165, 1.54) is 0 Å². The van der Waals surface area contributed by atoms with Crippen LogP contribution < -0.4 is 0 Å². The molecule has 48 valence electrons. The van der Waals surface area contributed by atoms with E-state index in [2.05, 4.69) is 0 Å². The van der Waals surface area contributed by atoms with E-state index in [-0.39, 0.29) is 0 Å². The van der Waals surface area contributed by atoms with Gasteiger partial charge in [-0.3, -0.25) is 0 Å². The van der Waals surface area contributed by atoms with Crippen LogP contribution in [-0.4, -0.2) is 35.6 Å². The average molecular weight is 118 g/mol. The molecular weight excluding hydrogens is 108 g/mol. The fourth-order valence-corrected chi connectivity index (χ4v) is 0.790. The molecule has 1 saturated heterocycles. The van der Waals surface area contributed by atoms with Gasteiger partial charge in [0.15, 0.2) is 0 Å². The van der Waals surface area contributed by atoms with Crippen LogP contribution in [0.15, 0.2) is 0 Å². The first-order valence-corrected chi connectivity index (χ1v) is 2.73. The Morgan fingerprint density at radius 3 is 1.88 bits per heavy atom. The Kier molecular flexibility index (Phi) is 1.83. The summed E-state index contributed by atoms with van der Waals surface area (Å²) in [6.45, 7) is 0.744. The zero-order chi connectivity index (χ0) is 5.98. The van der Waals surface area contributed by atoms with Gasteiger partial charge in [-0.2, -0.15) is 0 Å². The summed E-state index contributed by atoms with van der Waals surface area (Å²) in [6.07, 6.45) is -0.461. The Labute approximate surface area is 47.9 Å². The van der Waals surface area contributed by atoms with Gasteiger partial charge in [-0.15, -0.1) is 0 Å². The van der Waals surface area contributed by atoms with Crippen molar-refractivity contribution in [2.24, 2.45) is 0 Å². The van der Waals surface area contributed by atoms with Crippen LogP contribution in [0.4, 0.5) is 0 Å². The summed E-state index contributed by atoms with van der Waals surface area (Å²) in [6, 6.07) is 0. The van der Waals surface area contributed by atoms with Gasteiger partial charge in [0, 0.05) is 6.42 Å². The smallest absolute Gasteiger partial charge is 0.0799 e. The monoisotopic (exact) mass is 118 g/mol. The van der Waals surface area contributed by atoms with Gasteiger partial charge < -0.3 is 14.9 Å². The molecule has 0 aromatic rings. The molecule has 1 fully saturated rings. The molecule has 1 heterocycles. The molecule has 1 aliphatic heterocycles. The van der Waals surface area contributed by atoms with Gasteiger partial charge in [0.05, 0.1) is 25.4 Å². The van der Waals surface area contributed by atoms with Gasteiger partial charge in [-0.25, -0.2) is 0 Å². The van der Waals surface area contributed by atoms with Crippen LogP contribution >= 0.6 is 0 Å². The van der Waals surface area contributed by atoms with Crippen molar-refractivity contribution in [2.75, 3.05) is 13.2 Å². The van der Waals surface area contributed by atoms with Crippen LogP contribution in [-0.2, 0) is 4.74 Å². The second-order valence-electron chi connectivity index (χ2n) is 2.08. The highest BCUT2D eigenvalue weighted by Crippen LogP contribution is 2.05. The van der Waals surface area contributed by atoms with E-state index in [1.54, 1.807) is 0 Å². The van der Waals surface area contributed by atoms with Gasteiger partial charge in [-0.1, -0.05) is 0 Å². The molecule has 8 heavy (non-hydrogen) atoms. The highest BCUT2D eigenvalue weighted by atomic mass is 16.5. The summed E-state index contributed by atoms with van der Waals surface area (Å²) in [7, 11) is 0. The zero-order valence-corrected chi connectivity index (χ0v) is 4.58. The molecule has 0 radical (unpaired) electrons. The van der Waals surface area contributed by atoms with Crippen LogP contribution in [0.3, 0.4) is 0 Å². The number of hydrogen-bond acceptors (Lipinski definition) is 3. The zero-order valence-electron chi connectivity index (χ0n) is 4.58. The molecule has 1 rings (SSSR count). The lowest BCUT2D eigenvalue weighted by atomic mass is 10.1. The first kappa shape index (κ1) is 6.01. The minimum absolute atomic E-state index is 0.372. The standard InChI is InChI=1S/C5H10O3/c6-4-1-5(7)3-8-2-4/h4-7H,1-3H2/t4-,5+. The van der Waals surface area contributed by atoms with Crippen molar-refractivity contribution in [2.45, 2.75) is 18.6 Å². The molecule has 2 atom stereocenters. The van der Waals surface area contributed by atoms with Crippen LogP contribution in [0.2, 0.25) is 0 Å². The largest absolute Gasteiger partial charge is 0.391 e. The van der Waals surface area contributed by atoms with Gasteiger partial charge in [0.25, 0.3) is 0 Å². The Hall–Kier alpha value is -0.120. The van der Waals surface area contributed by atoms with E-state index in [9.17, 15) is 0 Å². The minimum atomic E-state index is -0.459. The van der Waals surface area contributed by atoms with E-state index in [4.69, 9.17) is 14.9 Å². The molecule has 0 spiro atoms. The number of aliphatic hydroxyl groups is 2.